The van der Waals surface area contributed by atoms with Gasteiger partial charge in [0.25, 0.3) is 5.88 Å². The van der Waals surface area contributed by atoms with Crippen LogP contribution in [0.5, 0.6) is 11.6 Å². The van der Waals surface area contributed by atoms with Crippen molar-refractivity contribution in [1.82, 2.24) is 24.5 Å². The SMILES string of the molecule is Cc1ccc(Cn2cnc3nc(Nc4c(C)cc(C#N)cc4C)nc(Oc4ccc(-c5ccncc5)cc4)c32)cc1. The van der Waals surface area contributed by atoms with Crippen LogP contribution in [0.4, 0.5) is 11.6 Å². The van der Waals surface area contributed by atoms with Gasteiger partial charge in [0, 0.05) is 24.6 Å². The summed E-state index contributed by atoms with van der Waals surface area (Å²) >= 11 is 0. The molecule has 8 nitrogen and oxygen atoms in total. The third-order valence-electron chi connectivity index (χ3n) is 6.89. The molecule has 6 aromatic rings. The van der Waals surface area contributed by atoms with Crippen molar-refractivity contribution in [1.29, 1.82) is 5.26 Å². The number of fused-ring (bicyclic) bond motifs is 1. The van der Waals surface area contributed by atoms with Crippen LogP contribution in [0.2, 0.25) is 0 Å². The van der Waals surface area contributed by atoms with Crippen molar-refractivity contribution in [3.63, 3.8) is 0 Å². The molecule has 3 aromatic carbocycles. The first-order valence-electron chi connectivity index (χ1n) is 13.2. The molecule has 200 valence electrons. The summed E-state index contributed by atoms with van der Waals surface area (Å²) in [6.07, 6.45) is 5.32. The molecule has 3 aromatic heterocycles. The zero-order chi connectivity index (χ0) is 28.3. The Labute approximate surface area is 238 Å². The van der Waals surface area contributed by atoms with Crippen LogP contribution in [-0.4, -0.2) is 24.5 Å². The minimum absolute atomic E-state index is 0.359. The van der Waals surface area contributed by atoms with E-state index in [-0.39, 0.29) is 0 Å². The standard InChI is InChI=1S/C33H27N7O/c1-21-4-6-24(7-5-21)19-40-20-36-31-30(40)32(41-28-10-8-26(9-11-28)27-12-14-35-15-13-27)39-33(38-31)37-29-22(2)16-25(18-34)17-23(29)3/h4-17,20H,19H2,1-3H3,(H,37,38,39). The molecule has 0 aliphatic carbocycles. The van der Waals surface area contributed by atoms with Crippen LogP contribution in [0.3, 0.4) is 0 Å². The third kappa shape index (κ3) is 5.47. The number of aryl methyl sites for hydroxylation is 3. The topological polar surface area (TPSA) is 102 Å². The highest BCUT2D eigenvalue weighted by Crippen LogP contribution is 2.32. The zero-order valence-corrected chi connectivity index (χ0v) is 23.0. The van der Waals surface area contributed by atoms with E-state index in [1.165, 1.54) is 5.56 Å². The number of nitriles is 1. The van der Waals surface area contributed by atoms with Crippen molar-refractivity contribution in [2.24, 2.45) is 0 Å². The molecule has 0 fully saturated rings. The Kier molecular flexibility index (Phi) is 6.84. The monoisotopic (exact) mass is 537 g/mol. The van der Waals surface area contributed by atoms with Crippen LogP contribution in [0, 0.1) is 32.1 Å². The number of hydrogen-bond donors (Lipinski definition) is 1. The summed E-state index contributed by atoms with van der Waals surface area (Å²) in [5.41, 5.74) is 8.98. The lowest BCUT2D eigenvalue weighted by Gasteiger charge is -2.14. The number of anilines is 2. The van der Waals surface area contributed by atoms with E-state index in [1.54, 1.807) is 18.7 Å². The molecule has 41 heavy (non-hydrogen) atoms. The maximum Gasteiger partial charge on any atom is 0.250 e. The second kappa shape index (κ2) is 10.9. The van der Waals surface area contributed by atoms with Gasteiger partial charge in [-0.3, -0.25) is 4.98 Å². The van der Waals surface area contributed by atoms with Gasteiger partial charge in [0.1, 0.15) is 5.75 Å². The minimum atomic E-state index is 0.359. The summed E-state index contributed by atoms with van der Waals surface area (Å²) in [7, 11) is 0. The Morgan fingerprint density at radius 2 is 1.54 bits per heavy atom. The number of aromatic nitrogens is 5. The number of pyridine rings is 1. The van der Waals surface area contributed by atoms with E-state index >= 15 is 0 Å². The normalized spacial score (nSPS) is 10.9. The summed E-state index contributed by atoms with van der Waals surface area (Å²) in [6, 6.07) is 26.1. The molecular weight excluding hydrogens is 510 g/mol. The van der Waals surface area contributed by atoms with Gasteiger partial charge >= 0.3 is 0 Å². The predicted octanol–water partition coefficient (Wildman–Crippen LogP) is 7.27. The Morgan fingerprint density at radius 1 is 0.854 bits per heavy atom. The Hall–Kier alpha value is -5.55. The van der Waals surface area contributed by atoms with Crippen molar-refractivity contribution in [3.05, 3.63) is 119 Å². The number of rotatable bonds is 7. The molecule has 3 heterocycles. The Bertz CT molecular complexity index is 1860. The van der Waals surface area contributed by atoms with E-state index < -0.39 is 0 Å². The van der Waals surface area contributed by atoms with E-state index in [1.807, 2.05) is 66.9 Å². The molecule has 0 unspecified atom stereocenters. The first kappa shape index (κ1) is 25.7. The van der Waals surface area contributed by atoms with Crippen LogP contribution < -0.4 is 10.1 Å². The van der Waals surface area contributed by atoms with E-state index in [0.717, 1.165) is 33.5 Å². The van der Waals surface area contributed by atoms with Crippen molar-refractivity contribution in [2.45, 2.75) is 27.3 Å². The average molecular weight is 538 g/mol. The molecule has 6 rings (SSSR count). The molecular formula is C33H27N7O. The summed E-state index contributed by atoms with van der Waals surface area (Å²) in [5.74, 6) is 1.39. The largest absolute Gasteiger partial charge is 0.437 e. The quantitative estimate of drug-likeness (QED) is 0.228. The number of ether oxygens (including phenoxy) is 1. The fourth-order valence-corrected chi connectivity index (χ4v) is 4.79. The Balaban J connectivity index is 1.39. The molecule has 0 spiro atoms. The maximum absolute atomic E-state index is 9.34. The first-order valence-corrected chi connectivity index (χ1v) is 13.2. The van der Waals surface area contributed by atoms with Gasteiger partial charge < -0.3 is 14.6 Å². The zero-order valence-electron chi connectivity index (χ0n) is 23.0. The van der Waals surface area contributed by atoms with E-state index in [0.29, 0.717) is 40.8 Å². The van der Waals surface area contributed by atoms with Gasteiger partial charge in [-0.15, -0.1) is 0 Å². The lowest BCUT2D eigenvalue weighted by atomic mass is 10.1. The molecule has 0 amide bonds. The van der Waals surface area contributed by atoms with E-state index in [4.69, 9.17) is 14.7 Å². The number of imidazole rings is 1. The fourth-order valence-electron chi connectivity index (χ4n) is 4.79. The molecule has 0 aliphatic heterocycles. The summed E-state index contributed by atoms with van der Waals surface area (Å²) in [5, 5.41) is 12.7. The molecule has 1 N–H and O–H groups in total. The average Bonchev–Trinajstić information content (AvgIpc) is 3.39. The lowest BCUT2D eigenvalue weighted by molar-refractivity contribution is 0.466. The molecule has 0 bridgehead atoms. The van der Waals surface area contributed by atoms with Crippen molar-refractivity contribution < 1.29 is 4.74 Å². The van der Waals surface area contributed by atoms with Gasteiger partial charge in [0.05, 0.1) is 18.0 Å². The second-order valence-electron chi connectivity index (χ2n) is 9.97. The molecule has 8 heteroatoms. The number of nitrogens with zero attached hydrogens (tertiary/aromatic N) is 6. The van der Waals surface area contributed by atoms with Gasteiger partial charge in [0.15, 0.2) is 11.2 Å². The maximum atomic E-state index is 9.34. The van der Waals surface area contributed by atoms with Gasteiger partial charge in [-0.2, -0.15) is 15.2 Å². The van der Waals surface area contributed by atoms with Crippen LogP contribution >= 0.6 is 0 Å². The van der Waals surface area contributed by atoms with E-state index in [9.17, 15) is 5.26 Å². The summed E-state index contributed by atoms with van der Waals surface area (Å²) in [4.78, 5) is 18.2. The molecule has 0 saturated carbocycles. The first-order chi connectivity index (χ1) is 20.0. The predicted molar refractivity (Wildman–Crippen MR) is 159 cm³/mol. The molecule has 0 saturated heterocycles. The van der Waals surface area contributed by atoms with Gasteiger partial charge in [-0.05, 0) is 85.0 Å². The summed E-state index contributed by atoms with van der Waals surface area (Å²) < 4.78 is 8.41. The summed E-state index contributed by atoms with van der Waals surface area (Å²) in [6.45, 7) is 6.57. The Morgan fingerprint density at radius 3 is 2.22 bits per heavy atom. The number of nitrogens with one attached hydrogen (secondary N) is 1. The highest BCUT2D eigenvalue weighted by molar-refractivity contribution is 5.79. The second-order valence-corrected chi connectivity index (χ2v) is 9.97. The minimum Gasteiger partial charge on any atom is -0.437 e. The van der Waals surface area contributed by atoms with E-state index in [2.05, 4.69) is 52.5 Å². The molecule has 0 aliphatic rings. The van der Waals surface area contributed by atoms with Gasteiger partial charge in [-0.1, -0.05) is 42.0 Å². The number of benzene rings is 3. The molecule has 0 atom stereocenters. The highest BCUT2D eigenvalue weighted by Gasteiger charge is 2.18. The third-order valence-corrected chi connectivity index (χ3v) is 6.89. The lowest BCUT2D eigenvalue weighted by Crippen LogP contribution is -2.05. The van der Waals surface area contributed by atoms with Gasteiger partial charge in [-0.25, -0.2) is 4.98 Å². The fraction of sp³-hybridized carbons (Fsp3) is 0.121. The van der Waals surface area contributed by atoms with Gasteiger partial charge in [0.2, 0.25) is 5.95 Å². The number of hydrogen-bond acceptors (Lipinski definition) is 7. The van der Waals surface area contributed by atoms with Crippen molar-refractivity contribution in [3.8, 4) is 28.8 Å². The van der Waals surface area contributed by atoms with Crippen LogP contribution in [-0.2, 0) is 6.54 Å². The van der Waals surface area contributed by atoms with Crippen LogP contribution in [0.25, 0.3) is 22.3 Å². The van der Waals surface area contributed by atoms with Crippen molar-refractivity contribution in [2.75, 3.05) is 5.32 Å². The van der Waals surface area contributed by atoms with Crippen molar-refractivity contribution >= 4 is 22.8 Å². The highest BCUT2D eigenvalue weighted by atomic mass is 16.5. The van der Waals surface area contributed by atoms with Crippen LogP contribution in [0.15, 0.2) is 91.5 Å². The smallest absolute Gasteiger partial charge is 0.250 e. The van der Waals surface area contributed by atoms with Crippen LogP contribution in [0.1, 0.15) is 27.8 Å². The molecule has 0 radical (unpaired) electrons.